The highest BCUT2D eigenvalue weighted by molar-refractivity contribution is 5.66. The fourth-order valence-electron chi connectivity index (χ4n) is 1.90. The summed E-state index contributed by atoms with van der Waals surface area (Å²) in [7, 11) is 7.89. The van der Waals surface area contributed by atoms with Gasteiger partial charge in [0.2, 0.25) is 5.88 Å². The minimum Gasteiger partial charge on any atom is -1.00 e. The lowest BCUT2D eigenvalue weighted by Gasteiger charge is -2.08. The normalized spacial score (nSPS) is 10.0. The van der Waals surface area contributed by atoms with Crippen LogP contribution in [0.15, 0.2) is 34.7 Å². The van der Waals surface area contributed by atoms with Crippen LogP contribution in [0.25, 0.3) is 11.3 Å². The Kier molecular flexibility index (Phi) is 5.20. The van der Waals surface area contributed by atoms with Gasteiger partial charge in [0.25, 0.3) is 0 Å². The molecule has 0 saturated heterocycles. The van der Waals surface area contributed by atoms with Crippen LogP contribution in [0.1, 0.15) is 5.56 Å². The Bertz CT molecular complexity index is 609. The summed E-state index contributed by atoms with van der Waals surface area (Å²) in [6, 6.07) is 12.1. The molecule has 0 spiro atoms. The van der Waals surface area contributed by atoms with E-state index in [9.17, 15) is 0 Å². The van der Waals surface area contributed by atoms with Crippen molar-refractivity contribution >= 4 is 11.6 Å². The van der Waals surface area contributed by atoms with Crippen molar-refractivity contribution in [2.24, 2.45) is 0 Å². The maximum Gasteiger partial charge on any atom is 0.213 e. The molecular weight excluding hydrogens is 274 g/mol. The number of hydrogen-bond acceptors (Lipinski definition) is 3. The number of hydrogen-bond donors (Lipinski definition) is 1. The molecule has 0 aliphatic heterocycles. The number of benzene rings is 1. The average molecular weight is 292 g/mol. The van der Waals surface area contributed by atoms with Crippen LogP contribution in [0.5, 0.6) is 0 Å². The Balaban J connectivity index is 0.00000200. The molecule has 4 nitrogen and oxygen atoms in total. The molecule has 0 saturated carbocycles. The zero-order chi connectivity index (χ0) is 14.0. The van der Waals surface area contributed by atoms with Gasteiger partial charge < -0.3 is 26.6 Å². The minimum atomic E-state index is 0. The Morgan fingerprint density at radius 1 is 1.15 bits per heavy atom. The Labute approximate surface area is 125 Å². The van der Waals surface area contributed by atoms with Gasteiger partial charge in [-0.2, -0.15) is 5.26 Å². The van der Waals surface area contributed by atoms with E-state index in [4.69, 9.17) is 9.68 Å². The van der Waals surface area contributed by atoms with E-state index in [2.05, 4.69) is 32.3 Å². The first kappa shape index (κ1) is 16.1. The molecular formula is C15H18ClN3O. The van der Waals surface area contributed by atoms with Crippen molar-refractivity contribution < 1.29 is 21.7 Å². The summed E-state index contributed by atoms with van der Waals surface area (Å²) < 4.78 is 5.75. The molecule has 1 aromatic heterocycles. The predicted molar refractivity (Wildman–Crippen MR) is 75.7 cm³/mol. The van der Waals surface area contributed by atoms with Crippen molar-refractivity contribution in [1.29, 1.82) is 5.26 Å². The lowest BCUT2D eigenvalue weighted by atomic mass is 10.1. The first-order valence-corrected chi connectivity index (χ1v) is 6.15. The van der Waals surface area contributed by atoms with Gasteiger partial charge in [-0.25, -0.2) is 0 Å². The summed E-state index contributed by atoms with van der Waals surface area (Å²) in [6.45, 7) is 0. The number of anilines is 1. The van der Waals surface area contributed by atoms with Crippen molar-refractivity contribution in [3.8, 4) is 17.4 Å². The van der Waals surface area contributed by atoms with Crippen molar-refractivity contribution in [2.45, 2.75) is 0 Å². The van der Waals surface area contributed by atoms with Gasteiger partial charge in [0.15, 0.2) is 0 Å². The fourth-order valence-corrected chi connectivity index (χ4v) is 1.90. The van der Waals surface area contributed by atoms with Crippen LogP contribution in [0, 0.1) is 11.3 Å². The van der Waals surface area contributed by atoms with Crippen LogP contribution in [0.4, 0.5) is 11.6 Å². The highest BCUT2D eigenvalue weighted by Gasteiger charge is 2.14. The average Bonchev–Trinajstić information content (AvgIpc) is 2.83. The fraction of sp³-hybridized carbons (Fsp3) is 0.267. The maximum absolute atomic E-state index is 9.10. The largest absolute Gasteiger partial charge is 1.00 e. The molecule has 0 atom stereocenters. The summed E-state index contributed by atoms with van der Waals surface area (Å²) in [5.74, 6) is 1.32. The monoisotopic (exact) mass is 291 g/mol. The van der Waals surface area contributed by atoms with Gasteiger partial charge in [-0.05, 0) is 24.3 Å². The quantitative estimate of drug-likeness (QED) is 0.762. The molecule has 20 heavy (non-hydrogen) atoms. The smallest absolute Gasteiger partial charge is 0.213 e. The zero-order valence-corrected chi connectivity index (χ0v) is 12.8. The zero-order valence-electron chi connectivity index (χ0n) is 12.1. The highest BCUT2D eigenvalue weighted by Crippen LogP contribution is 2.30. The molecule has 1 aromatic carbocycles. The van der Waals surface area contributed by atoms with Crippen LogP contribution in [-0.2, 0) is 0 Å². The molecule has 2 aromatic rings. The molecule has 0 bridgehead atoms. The van der Waals surface area contributed by atoms with Gasteiger partial charge in [-0.1, -0.05) is 0 Å². The van der Waals surface area contributed by atoms with Gasteiger partial charge in [0.1, 0.15) is 23.1 Å². The third-order valence-corrected chi connectivity index (χ3v) is 2.99. The predicted octanol–water partition coefficient (Wildman–Crippen LogP) is -1.34. The number of furan rings is 1. The van der Waals surface area contributed by atoms with E-state index < -0.39 is 0 Å². The van der Waals surface area contributed by atoms with Gasteiger partial charge in [0, 0.05) is 25.7 Å². The van der Waals surface area contributed by atoms with E-state index in [0.29, 0.717) is 11.4 Å². The van der Waals surface area contributed by atoms with E-state index in [0.717, 1.165) is 11.3 Å². The Morgan fingerprint density at radius 2 is 1.75 bits per heavy atom. The molecule has 5 heteroatoms. The lowest BCUT2D eigenvalue weighted by Crippen LogP contribution is -3.00. The van der Waals surface area contributed by atoms with Crippen molar-refractivity contribution in [3.05, 3.63) is 35.9 Å². The molecule has 106 valence electrons. The second-order valence-electron chi connectivity index (χ2n) is 4.91. The summed E-state index contributed by atoms with van der Waals surface area (Å²) >= 11 is 0. The third kappa shape index (κ3) is 3.13. The number of nitriles is 1. The van der Waals surface area contributed by atoms with E-state index in [1.807, 2.05) is 26.2 Å². The first-order valence-electron chi connectivity index (χ1n) is 6.15. The standard InChI is InChI=1S/C15H17N3O.ClH/c1-17(2)13-7-5-11(6-8-13)14-9-12(10-16)15(19-14)18(3)4;/h5-9H,1-4H3;1H. The van der Waals surface area contributed by atoms with Crippen molar-refractivity contribution in [1.82, 2.24) is 0 Å². The second kappa shape index (κ2) is 6.47. The van der Waals surface area contributed by atoms with Crippen molar-refractivity contribution in [2.75, 3.05) is 33.1 Å². The number of halogens is 1. The van der Waals surface area contributed by atoms with Crippen LogP contribution >= 0.6 is 0 Å². The lowest BCUT2D eigenvalue weighted by molar-refractivity contribution is -0.786. The van der Waals surface area contributed by atoms with Crippen LogP contribution < -0.4 is 22.2 Å². The van der Waals surface area contributed by atoms with Crippen LogP contribution in [0.2, 0.25) is 0 Å². The van der Waals surface area contributed by atoms with Crippen LogP contribution in [-0.4, -0.2) is 28.2 Å². The molecule has 0 radical (unpaired) electrons. The van der Waals surface area contributed by atoms with Crippen LogP contribution in [0.3, 0.4) is 0 Å². The third-order valence-electron chi connectivity index (χ3n) is 2.99. The van der Waals surface area contributed by atoms with E-state index in [-0.39, 0.29) is 12.4 Å². The summed E-state index contributed by atoms with van der Waals surface area (Å²) in [5, 5.41) is 9.10. The summed E-state index contributed by atoms with van der Waals surface area (Å²) in [6.07, 6.45) is 0. The number of nitrogens with zero attached hydrogens (tertiary/aromatic N) is 2. The van der Waals surface area contributed by atoms with Gasteiger partial charge in [-0.3, -0.25) is 0 Å². The number of quaternary nitrogens is 1. The molecule has 0 aliphatic rings. The van der Waals surface area contributed by atoms with Gasteiger partial charge >= 0.3 is 0 Å². The van der Waals surface area contributed by atoms with Gasteiger partial charge in [-0.15, -0.1) is 0 Å². The summed E-state index contributed by atoms with van der Waals surface area (Å²) in [5.41, 5.74) is 2.75. The minimum absolute atomic E-state index is 0. The topological polar surface area (TPSA) is 44.6 Å². The van der Waals surface area contributed by atoms with Gasteiger partial charge in [0.05, 0.1) is 14.1 Å². The molecule has 2 rings (SSSR count). The van der Waals surface area contributed by atoms with E-state index >= 15 is 0 Å². The SMILES string of the molecule is CN(C)c1oc(-c2ccc([NH+](C)C)cc2)cc1C#N.[Cl-]. The van der Waals surface area contributed by atoms with E-state index in [1.165, 1.54) is 10.6 Å². The molecule has 1 heterocycles. The molecule has 0 aliphatic carbocycles. The number of nitrogens with one attached hydrogen (secondary N) is 1. The highest BCUT2D eigenvalue weighted by atomic mass is 35.5. The molecule has 0 fully saturated rings. The summed E-state index contributed by atoms with van der Waals surface area (Å²) in [4.78, 5) is 3.08. The Morgan fingerprint density at radius 3 is 2.15 bits per heavy atom. The number of rotatable bonds is 3. The maximum atomic E-state index is 9.10. The molecule has 1 N–H and O–H groups in total. The van der Waals surface area contributed by atoms with E-state index in [1.54, 1.807) is 11.0 Å². The van der Waals surface area contributed by atoms with Crippen molar-refractivity contribution in [3.63, 3.8) is 0 Å². The Hall–Kier alpha value is -1.96. The molecule has 0 unspecified atom stereocenters. The first-order chi connectivity index (χ1) is 9.02. The molecule has 0 amide bonds. The second-order valence-corrected chi connectivity index (χ2v) is 4.91.